The molecule has 1 aromatic rings. The predicted octanol–water partition coefficient (Wildman–Crippen LogP) is 1.68. The van der Waals surface area contributed by atoms with Crippen LogP contribution in [0.1, 0.15) is 19.8 Å². The first-order valence-corrected chi connectivity index (χ1v) is 5.61. The number of halogens is 1. The summed E-state index contributed by atoms with van der Waals surface area (Å²) in [4.78, 5) is 8.25. The van der Waals surface area contributed by atoms with Gasteiger partial charge in [-0.2, -0.15) is 0 Å². The predicted molar refractivity (Wildman–Crippen MR) is 61.2 cm³/mol. The van der Waals surface area contributed by atoms with Gasteiger partial charge in [0.2, 0.25) is 5.95 Å². The number of anilines is 1. The summed E-state index contributed by atoms with van der Waals surface area (Å²) < 4.78 is 0. The van der Waals surface area contributed by atoms with Crippen molar-refractivity contribution >= 4 is 17.5 Å². The SMILES string of the molecule is CC1NCCC[C@@H]1Nc1ncc(Cl)cn1. The smallest absolute Gasteiger partial charge is 0.222 e. The summed E-state index contributed by atoms with van der Waals surface area (Å²) in [6, 6.07) is 0.859. The lowest BCUT2D eigenvalue weighted by atomic mass is 10.0. The van der Waals surface area contributed by atoms with Crippen molar-refractivity contribution in [2.75, 3.05) is 11.9 Å². The van der Waals surface area contributed by atoms with Gasteiger partial charge in [-0.05, 0) is 26.3 Å². The maximum Gasteiger partial charge on any atom is 0.222 e. The van der Waals surface area contributed by atoms with Gasteiger partial charge in [-0.25, -0.2) is 9.97 Å². The largest absolute Gasteiger partial charge is 0.350 e. The fourth-order valence-electron chi connectivity index (χ4n) is 1.79. The van der Waals surface area contributed by atoms with Crippen LogP contribution in [0.5, 0.6) is 0 Å². The van der Waals surface area contributed by atoms with Gasteiger partial charge in [-0.15, -0.1) is 0 Å². The highest BCUT2D eigenvalue weighted by atomic mass is 35.5. The molecule has 2 N–H and O–H groups in total. The van der Waals surface area contributed by atoms with E-state index in [-0.39, 0.29) is 0 Å². The first kappa shape index (κ1) is 10.6. The fraction of sp³-hybridized carbons (Fsp3) is 0.600. The molecule has 2 heterocycles. The topological polar surface area (TPSA) is 49.8 Å². The normalized spacial score (nSPS) is 26.3. The van der Waals surface area contributed by atoms with Crippen LogP contribution in [0.25, 0.3) is 0 Å². The minimum absolute atomic E-state index is 0.403. The Labute approximate surface area is 94.5 Å². The second-order valence-electron chi connectivity index (χ2n) is 3.86. The number of hydrogen-bond donors (Lipinski definition) is 2. The summed E-state index contributed by atoms with van der Waals surface area (Å²) in [6.07, 6.45) is 5.56. The molecule has 4 nitrogen and oxygen atoms in total. The number of nitrogens with zero attached hydrogens (tertiary/aromatic N) is 2. The molecule has 0 spiro atoms. The van der Waals surface area contributed by atoms with Crippen LogP contribution in [0.4, 0.5) is 5.95 Å². The van der Waals surface area contributed by atoms with Gasteiger partial charge >= 0.3 is 0 Å². The molecule has 5 heteroatoms. The van der Waals surface area contributed by atoms with E-state index in [0.29, 0.717) is 23.1 Å². The van der Waals surface area contributed by atoms with Crippen molar-refractivity contribution < 1.29 is 0 Å². The van der Waals surface area contributed by atoms with Gasteiger partial charge in [0, 0.05) is 12.1 Å². The van der Waals surface area contributed by atoms with Crippen LogP contribution in [0.15, 0.2) is 12.4 Å². The third kappa shape index (κ3) is 2.79. The number of aromatic nitrogens is 2. The molecule has 1 fully saturated rings. The molecule has 0 aliphatic carbocycles. The number of piperidine rings is 1. The molecule has 2 atom stereocenters. The van der Waals surface area contributed by atoms with Gasteiger partial charge in [0.25, 0.3) is 0 Å². The van der Waals surface area contributed by atoms with Crippen molar-refractivity contribution in [3.8, 4) is 0 Å². The number of nitrogens with one attached hydrogen (secondary N) is 2. The zero-order chi connectivity index (χ0) is 10.7. The van der Waals surface area contributed by atoms with Crippen LogP contribution in [-0.4, -0.2) is 28.6 Å². The highest BCUT2D eigenvalue weighted by molar-refractivity contribution is 6.30. The van der Waals surface area contributed by atoms with E-state index in [2.05, 4.69) is 27.5 Å². The molecule has 82 valence electrons. The summed E-state index contributed by atoms with van der Waals surface area (Å²) in [6.45, 7) is 3.27. The lowest BCUT2D eigenvalue weighted by Crippen LogP contribution is -2.46. The van der Waals surface area contributed by atoms with Gasteiger partial charge < -0.3 is 10.6 Å². The first-order valence-electron chi connectivity index (χ1n) is 5.23. The van der Waals surface area contributed by atoms with Gasteiger partial charge in [0.1, 0.15) is 0 Å². The van der Waals surface area contributed by atoms with Crippen LogP contribution in [0.3, 0.4) is 0 Å². The monoisotopic (exact) mass is 226 g/mol. The molecule has 15 heavy (non-hydrogen) atoms. The maximum absolute atomic E-state index is 5.72. The molecule has 0 radical (unpaired) electrons. The Kier molecular flexibility index (Phi) is 3.38. The Morgan fingerprint density at radius 3 is 2.87 bits per heavy atom. The molecular formula is C10H15ClN4. The van der Waals surface area contributed by atoms with E-state index in [9.17, 15) is 0 Å². The summed E-state index contributed by atoms with van der Waals surface area (Å²) in [5, 5.41) is 7.30. The number of rotatable bonds is 2. The zero-order valence-corrected chi connectivity index (χ0v) is 9.46. The van der Waals surface area contributed by atoms with Crippen LogP contribution in [-0.2, 0) is 0 Å². The van der Waals surface area contributed by atoms with Crippen molar-refractivity contribution in [2.24, 2.45) is 0 Å². The van der Waals surface area contributed by atoms with Crippen LogP contribution in [0.2, 0.25) is 5.02 Å². The Morgan fingerprint density at radius 2 is 2.20 bits per heavy atom. The third-order valence-corrected chi connectivity index (χ3v) is 2.89. The van der Waals surface area contributed by atoms with Crippen LogP contribution in [0, 0.1) is 0 Å². The van der Waals surface area contributed by atoms with Crippen LogP contribution >= 0.6 is 11.6 Å². The van der Waals surface area contributed by atoms with Gasteiger partial charge in [-0.3, -0.25) is 0 Å². The van der Waals surface area contributed by atoms with E-state index in [1.807, 2.05) is 0 Å². The quantitative estimate of drug-likeness (QED) is 0.806. The van der Waals surface area contributed by atoms with Gasteiger partial charge in [0.15, 0.2) is 0 Å². The molecule has 2 rings (SSSR count). The fourth-order valence-corrected chi connectivity index (χ4v) is 1.89. The van der Waals surface area contributed by atoms with E-state index >= 15 is 0 Å². The molecule has 1 unspecified atom stereocenters. The van der Waals surface area contributed by atoms with Gasteiger partial charge in [0.05, 0.1) is 17.4 Å². The molecule has 1 saturated heterocycles. The zero-order valence-electron chi connectivity index (χ0n) is 8.70. The Bertz CT molecular complexity index is 314. The van der Waals surface area contributed by atoms with E-state index in [1.165, 1.54) is 6.42 Å². The van der Waals surface area contributed by atoms with Crippen LogP contribution < -0.4 is 10.6 Å². The summed E-state index contributed by atoms with van der Waals surface area (Å²) >= 11 is 5.72. The Hall–Kier alpha value is -0.870. The number of hydrogen-bond acceptors (Lipinski definition) is 4. The van der Waals surface area contributed by atoms with Crippen molar-refractivity contribution in [1.82, 2.24) is 15.3 Å². The first-order chi connectivity index (χ1) is 7.25. The van der Waals surface area contributed by atoms with E-state index in [0.717, 1.165) is 13.0 Å². The standard InChI is InChI=1S/C10H15ClN4/c1-7-9(3-2-4-12-7)15-10-13-5-8(11)6-14-10/h5-7,9,12H,2-4H2,1H3,(H,13,14,15)/t7?,9-/m0/s1. The molecule has 0 bridgehead atoms. The van der Waals surface area contributed by atoms with E-state index < -0.39 is 0 Å². The van der Waals surface area contributed by atoms with Crippen molar-refractivity contribution in [3.63, 3.8) is 0 Å². The Morgan fingerprint density at radius 1 is 1.47 bits per heavy atom. The highest BCUT2D eigenvalue weighted by Gasteiger charge is 2.20. The summed E-state index contributed by atoms with van der Waals surface area (Å²) in [7, 11) is 0. The molecular weight excluding hydrogens is 212 g/mol. The second kappa shape index (κ2) is 4.77. The maximum atomic E-state index is 5.72. The minimum atomic E-state index is 0.403. The molecule has 1 aliphatic rings. The van der Waals surface area contributed by atoms with E-state index in [1.54, 1.807) is 12.4 Å². The molecule has 0 amide bonds. The van der Waals surface area contributed by atoms with Crippen molar-refractivity contribution in [1.29, 1.82) is 0 Å². The lowest BCUT2D eigenvalue weighted by Gasteiger charge is -2.30. The average Bonchev–Trinajstić information content (AvgIpc) is 2.25. The van der Waals surface area contributed by atoms with Crippen molar-refractivity contribution in [2.45, 2.75) is 31.8 Å². The molecule has 1 aliphatic heterocycles. The van der Waals surface area contributed by atoms with Gasteiger partial charge in [-0.1, -0.05) is 11.6 Å². The summed E-state index contributed by atoms with van der Waals surface area (Å²) in [5.41, 5.74) is 0. The molecule has 0 aromatic carbocycles. The third-order valence-electron chi connectivity index (χ3n) is 2.70. The minimum Gasteiger partial charge on any atom is -0.350 e. The van der Waals surface area contributed by atoms with Crippen molar-refractivity contribution in [3.05, 3.63) is 17.4 Å². The van der Waals surface area contributed by atoms with E-state index in [4.69, 9.17) is 11.6 Å². The second-order valence-corrected chi connectivity index (χ2v) is 4.30. The molecule has 0 saturated carbocycles. The summed E-state index contributed by atoms with van der Waals surface area (Å²) in [5.74, 6) is 0.653. The molecule has 1 aromatic heterocycles. The Balaban J connectivity index is 1.98. The average molecular weight is 227 g/mol. The lowest BCUT2D eigenvalue weighted by molar-refractivity contribution is 0.388. The highest BCUT2D eigenvalue weighted by Crippen LogP contribution is 2.13.